The van der Waals surface area contributed by atoms with Crippen molar-refractivity contribution >= 4 is 19.8 Å². The van der Waals surface area contributed by atoms with Crippen molar-refractivity contribution in [1.82, 2.24) is 0 Å². The Kier molecular flexibility index (Phi) is 30.9. The van der Waals surface area contributed by atoms with Gasteiger partial charge in [-0.25, -0.2) is 0 Å². The summed E-state index contributed by atoms with van der Waals surface area (Å²) in [5.74, 6) is -0.840. The largest absolute Gasteiger partial charge is 0.756 e. The van der Waals surface area contributed by atoms with E-state index in [1.165, 1.54) is 96.3 Å². The molecule has 10 heteroatoms. The summed E-state index contributed by atoms with van der Waals surface area (Å²) in [6.07, 6.45) is 29.7. The number of unbranched alkanes of at least 4 members (excludes halogenated alkanes) is 19. The standard InChI is InChI=1S/C38H74NO8P/c1-6-8-10-12-14-15-16-17-18-19-20-21-22-23-25-26-28-30-37(40)44-34-36(35-46-48(42,43)45-33-32-39(3,4)5)47-38(41)31-29-27-24-13-11-9-7-2/h15-16,36H,6-14,17-35H2,1-5H3/b16-15+/t36-/m0/s1. The van der Waals surface area contributed by atoms with Crippen molar-refractivity contribution < 1.29 is 42.1 Å². The molecule has 0 radical (unpaired) electrons. The number of phosphoric ester groups is 1. The normalized spacial score (nSPS) is 13.9. The zero-order valence-corrected chi connectivity index (χ0v) is 32.6. The summed E-state index contributed by atoms with van der Waals surface area (Å²) in [7, 11) is 1.17. The number of phosphoric acid groups is 1. The molecule has 0 aliphatic carbocycles. The maximum atomic E-state index is 12.5. The van der Waals surface area contributed by atoms with E-state index >= 15 is 0 Å². The van der Waals surface area contributed by atoms with E-state index in [1.54, 1.807) is 0 Å². The lowest BCUT2D eigenvalue weighted by molar-refractivity contribution is -0.870. The average molecular weight is 704 g/mol. The molecular weight excluding hydrogens is 629 g/mol. The van der Waals surface area contributed by atoms with Crippen LogP contribution in [0.2, 0.25) is 0 Å². The number of hydrogen-bond donors (Lipinski definition) is 0. The Bertz CT molecular complexity index is 845. The fourth-order valence-corrected chi connectivity index (χ4v) is 5.91. The van der Waals surface area contributed by atoms with E-state index in [4.69, 9.17) is 18.5 Å². The van der Waals surface area contributed by atoms with Gasteiger partial charge in [0.1, 0.15) is 19.8 Å². The van der Waals surface area contributed by atoms with Crippen LogP contribution in [0.25, 0.3) is 0 Å². The van der Waals surface area contributed by atoms with Crippen molar-refractivity contribution in [2.45, 2.75) is 174 Å². The van der Waals surface area contributed by atoms with Gasteiger partial charge < -0.3 is 27.9 Å². The molecular formula is C38H74NO8P. The Morgan fingerprint density at radius 2 is 1.06 bits per heavy atom. The maximum absolute atomic E-state index is 12.5. The van der Waals surface area contributed by atoms with Gasteiger partial charge >= 0.3 is 11.9 Å². The summed E-state index contributed by atoms with van der Waals surface area (Å²) in [5.41, 5.74) is 0. The van der Waals surface area contributed by atoms with Crippen molar-refractivity contribution in [1.29, 1.82) is 0 Å². The first kappa shape index (κ1) is 46.8. The molecule has 0 heterocycles. The molecule has 48 heavy (non-hydrogen) atoms. The lowest BCUT2D eigenvalue weighted by Crippen LogP contribution is -2.37. The van der Waals surface area contributed by atoms with Crippen molar-refractivity contribution in [2.75, 3.05) is 47.5 Å². The van der Waals surface area contributed by atoms with Gasteiger partial charge in [0, 0.05) is 12.8 Å². The topological polar surface area (TPSA) is 111 Å². The van der Waals surface area contributed by atoms with Gasteiger partial charge in [-0.15, -0.1) is 0 Å². The third kappa shape index (κ3) is 34.6. The first-order valence-electron chi connectivity index (χ1n) is 19.4. The molecule has 0 aromatic rings. The molecule has 0 saturated carbocycles. The highest BCUT2D eigenvalue weighted by atomic mass is 31.2. The maximum Gasteiger partial charge on any atom is 0.306 e. The van der Waals surface area contributed by atoms with Crippen LogP contribution >= 0.6 is 7.82 Å². The third-order valence-electron chi connectivity index (χ3n) is 8.29. The predicted octanol–water partition coefficient (Wildman–Crippen LogP) is 9.61. The van der Waals surface area contributed by atoms with Crippen molar-refractivity contribution in [2.24, 2.45) is 0 Å². The highest BCUT2D eigenvalue weighted by Crippen LogP contribution is 2.38. The van der Waals surface area contributed by atoms with Crippen LogP contribution in [0.3, 0.4) is 0 Å². The highest BCUT2D eigenvalue weighted by Gasteiger charge is 2.21. The molecule has 0 fully saturated rings. The Morgan fingerprint density at radius 1 is 0.625 bits per heavy atom. The molecule has 2 atom stereocenters. The molecule has 0 aliphatic rings. The summed E-state index contributed by atoms with van der Waals surface area (Å²) >= 11 is 0. The number of likely N-dealkylation sites (N-methyl/N-ethyl adjacent to an activating group) is 1. The van der Waals surface area contributed by atoms with E-state index in [2.05, 4.69) is 26.0 Å². The average Bonchev–Trinajstić information content (AvgIpc) is 3.02. The number of nitrogens with zero attached hydrogens (tertiary/aromatic N) is 1. The minimum atomic E-state index is -4.61. The monoisotopic (exact) mass is 704 g/mol. The van der Waals surface area contributed by atoms with Gasteiger partial charge in [0.2, 0.25) is 0 Å². The first-order chi connectivity index (χ1) is 23.0. The van der Waals surface area contributed by atoms with Gasteiger partial charge in [0.05, 0.1) is 27.7 Å². The van der Waals surface area contributed by atoms with E-state index in [0.717, 1.165) is 38.5 Å². The van der Waals surface area contributed by atoms with Gasteiger partial charge in [-0.3, -0.25) is 14.2 Å². The lowest BCUT2D eigenvalue weighted by atomic mass is 10.1. The molecule has 0 spiro atoms. The smallest absolute Gasteiger partial charge is 0.306 e. The van der Waals surface area contributed by atoms with Crippen LogP contribution < -0.4 is 4.89 Å². The molecule has 284 valence electrons. The van der Waals surface area contributed by atoms with Crippen molar-refractivity contribution in [3.8, 4) is 0 Å². The molecule has 0 aromatic heterocycles. The van der Waals surface area contributed by atoms with Gasteiger partial charge in [-0.1, -0.05) is 129 Å². The first-order valence-corrected chi connectivity index (χ1v) is 20.9. The fourth-order valence-electron chi connectivity index (χ4n) is 5.18. The third-order valence-corrected chi connectivity index (χ3v) is 9.25. The van der Waals surface area contributed by atoms with Crippen LogP contribution in [0.1, 0.15) is 168 Å². The molecule has 0 aromatic carbocycles. The Hall–Kier alpha value is -1.25. The van der Waals surface area contributed by atoms with Gasteiger partial charge in [-0.05, 0) is 38.5 Å². The molecule has 0 saturated heterocycles. The van der Waals surface area contributed by atoms with Gasteiger partial charge in [-0.2, -0.15) is 0 Å². The minimum absolute atomic E-state index is 0.0286. The SMILES string of the molecule is CCCCCC/C=C/CCCCCCCCCCCC(=O)OC[C@@H](COP(=O)([O-])OCC[N+](C)(C)C)OC(=O)CCCCCCCCC. The Labute approximate surface area is 295 Å². The number of rotatable bonds is 35. The summed E-state index contributed by atoms with van der Waals surface area (Å²) < 4.78 is 33.6. The molecule has 9 nitrogen and oxygen atoms in total. The number of esters is 2. The van der Waals surface area contributed by atoms with E-state index in [1.807, 2.05) is 21.1 Å². The highest BCUT2D eigenvalue weighted by molar-refractivity contribution is 7.45. The number of hydrogen-bond acceptors (Lipinski definition) is 8. The lowest BCUT2D eigenvalue weighted by Gasteiger charge is -2.28. The molecule has 1 unspecified atom stereocenters. The molecule has 0 N–H and O–H groups in total. The van der Waals surface area contributed by atoms with Crippen LogP contribution in [-0.4, -0.2) is 70.0 Å². The quantitative estimate of drug-likeness (QED) is 0.0211. The van der Waals surface area contributed by atoms with Gasteiger partial charge in [0.15, 0.2) is 6.10 Å². The van der Waals surface area contributed by atoms with Crippen LogP contribution in [0.5, 0.6) is 0 Å². The Morgan fingerprint density at radius 3 is 1.56 bits per heavy atom. The second-order valence-electron chi connectivity index (χ2n) is 14.3. The summed E-state index contributed by atoms with van der Waals surface area (Å²) in [4.78, 5) is 37.2. The second kappa shape index (κ2) is 31.7. The zero-order valence-electron chi connectivity index (χ0n) is 31.7. The van der Waals surface area contributed by atoms with Crippen LogP contribution in [0.4, 0.5) is 0 Å². The van der Waals surface area contributed by atoms with Crippen molar-refractivity contribution in [3.63, 3.8) is 0 Å². The van der Waals surface area contributed by atoms with Gasteiger partial charge in [0.25, 0.3) is 7.82 Å². The fraction of sp³-hybridized carbons (Fsp3) is 0.895. The van der Waals surface area contributed by atoms with Crippen LogP contribution in [-0.2, 0) is 32.7 Å². The number of quaternary nitrogens is 1. The summed E-state index contributed by atoms with van der Waals surface area (Å²) in [5, 5.41) is 0. The van der Waals surface area contributed by atoms with E-state index in [9.17, 15) is 19.0 Å². The summed E-state index contributed by atoms with van der Waals surface area (Å²) in [6, 6.07) is 0. The molecule has 0 bridgehead atoms. The van der Waals surface area contributed by atoms with E-state index in [0.29, 0.717) is 17.4 Å². The molecule has 0 rings (SSSR count). The van der Waals surface area contributed by atoms with Crippen LogP contribution in [0, 0.1) is 0 Å². The molecule has 0 amide bonds. The molecule has 0 aliphatic heterocycles. The number of carbonyl (C=O) groups excluding carboxylic acids is 2. The van der Waals surface area contributed by atoms with E-state index in [-0.39, 0.29) is 32.0 Å². The second-order valence-corrected chi connectivity index (χ2v) is 15.7. The summed E-state index contributed by atoms with van der Waals surface area (Å²) in [6.45, 7) is 4.16. The van der Waals surface area contributed by atoms with Crippen molar-refractivity contribution in [3.05, 3.63) is 12.2 Å². The van der Waals surface area contributed by atoms with Crippen LogP contribution in [0.15, 0.2) is 12.2 Å². The predicted molar refractivity (Wildman–Crippen MR) is 195 cm³/mol. The number of ether oxygens (including phenoxy) is 2. The number of allylic oxidation sites excluding steroid dienone is 2. The number of carbonyl (C=O) groups is 2. The van der Waals surface area contributed by atoms with E-state index < -0.39 is 26.5 Å². The zero-order chi connectivity index (χ0) is 35.8. The Balaban J connectivity index is 4.28. The minimum Gasteiger partial charge on any atom is -0.756 e.